The molecule has 0 aliphatic rings. The summed E-state index contributed by atoms with van der Waals surface area (Å²) in [5, 5.41) is 22.6. The van der Waals surface area contributed by atoms with Gasteiger partial charge in [0.25, 0.3) is 0 Å². The number of aromatic nitrogens is 3. The Morgan fingerprint density at radius 1 is 0.969 bits per heavy atom. The molecule has 2 N–H and O–H groups in total. The lowest BCUT2D eigenvalue weighted by Crippen LogP contribution is -2.15. The number of anilines is 1. The molecule has 7 heteroatoms. The van der Waals surface area contributed by atoms with Crippen molar-refractivity contribution in [3.05, 3.63) is 90.0 Å². The van der Waals surface area contributed by atoms with E-state index in [-0.39, 0.29) is 17.4 Å². The van der Waals surface area contributed by atoms with Crippen LogP contribution in [0.2, 0.25) is 0 Å². The molecule has 0 saturated carbocycles. The van der Waals surface area contributed by atoms with E-state index in [1.165, 1.54) is 17.3 Å². The Labute approximate surface area is 191 Å². The van der Waals surface area contributed by atoms with Crippen LogP contribution in [0, 0.1) is 6.92 Å². The molecule has 162 valence electrons. The number of aromatic hydroxyl groups is 1. The van der Waals surface area contributed by atoms with Crippen LogP contribution >= 0.6 is 11.8 Å². The second kappa shape index (κ2) is 10.2. The fourth-order valence-corrected chi connectivity index (χ4v) is 4.14. The van der Waals surface area contributed by atoms with Gasteiger partial charge in [-0.3, -0.25) is 4.79 Å². The van der Waals surface area contributed by atoms with Crippen molar-refractivity contribution in [2.45, 2.75) is 25.0 Å². The van der Waals surface area contributed by atoms with Crippen LogP contribution in [0.5, 0.6) is 5.75 Å². The molecule has 0 atom stereocenters. The Kier molecular flexibility index (Phi) is 6.87. The molecule has 0 fully saturated rings. The highest BCUT2D eigenvalue weighted by atomic mass is 32.2. The van der Waals surface area contributed by atoms with Crippen LogP contribution in [0.1, 0.15) is 11.1 Å². The van der Waals surface area contributed by atoms with Gasteiger partial charge in [0.15, 0.2) is 11.0 Å². The monoisotopic (exact) mass is 444 g/mol. The van der Waals surface area contributed by atoms with Gasteiger partial charge in [-0.2, -0.15) is 0 Å². The van der Waals surface area contributed by atoms with E-state index in [0.29, 0.717) is 23.1 Å². The molecule has 0 aliphatic heterocycles. The van der Waals surface area contributed by atoms with Gasteiger partial charge in [0.05, 0.1) is 11.3 Å². The zero-order valence-electron chi connectivity index (χ0n) is 17.7. The number of hydrogen-bond acceptors (Lipinski definition) is 5. The van der Waals surface area contributed by atoms with Gasteiger partial charge >= 0.3 is 0 Å². The van der Waals surface area contributed by atoms with Gasteiger partial charge in [0.2, 0.25) is 5.91 Å². The second-order valence-electron chi connectivity index (χ2n) is 7.36. The quantitative estimate of drug-likeness (QED) is 0.377. The van der Waals surface area contributed by atoms with Crippen LogP contribution in [-0.2, 0) is 17.8 Å². The molecule has 1 aromatic heterocycles. The highest BCUT2D eigenvalue weighted by molar-refractivity contribution is 7.99. The number of nitrogens with zero attached hydrogens (tertiary/aromatic N) is 3. The van der Waals surface area contributed by atoms with Crippen molar-refractivity contribution in [2.75, 3.05) is 11.1 Å². The van der Waals surface area contributed by atoms with Gasteiger partial charge in [0, 0.05) is 12.2 Å². The van der Waals surface area contributed by atoms with Crippen molar-refractivity contribution in [1.82, 2.24) is 14.8 Å². The van der Waals surface area contributed by atoms with E-state index in [1.54, 1.807) is 12.1 Å². The molecular weight excluding hydrogens is 420 g/mol. The number of rotatable bonds is 8. The SMILES string of the molecule is Cc1ccccc1NC(=O)CSc1nnc(-c2ccccc2O)n1CCc1ccccc1. The number of benzene rings is 3. The van der Waals surface area contributed by atoms with Crippen molar-refractivity contribution in [3.8, 4) is 17.1 Å². The summed E-state index contributed by atoms with van der Waals surface area (Å²) in [5.41, 5.74) is 3.62. The molecular formula is C25H24N4O2S. The molecule has 3 aromatic carbocycles. The zero-order valence-corrected chi connectivity index (χ0v) is 18.5. The summed E-state index contributed by atoms with van der Waals surface area (Å²) in [6, 6.07) is 24.9. The predicted octanol–water partition coefficient (Wildman–Crippen LogP) is 4.93. The fraction of sp³-hybridized carbons (Fsp3) is 0.160. The topological polar surface area (TPSA) is 80.0 Å². The van der Waals surface area contributed by atoms with E-state index < -0.39 is 0 Å². The summed E-state index contributed by atoms with van der Waals surface area (Å²) in [6.45, 7) is 2.59. The standard InChI is InChI=1S/C25H24N4O2S/c1-18-9-5-7-13-21(18)26-23(31)17-32-25-28-27-24(20-12-6-8-14-22(20)30)29(25)16-15-19-10-3-2-4-11-19/h2-14,30H,15-17H2,1H3,(H,26,31). The van der Waals surface area contributed by atoms with Gasteiger partial charge in [0.1, 0.15) is 5.75 Å². The highest BCUT2D eigenvalue weighted by Crippen LogP contribution is 2.30. The van der Waals surface area contributed by atoms with E-state index in [9.17, 15) is 9.90 Å². The summed E-state index contributed by atoms with van der Waals surface area (Å²) in [5.74, 6) is 0.833. The molecule has 0 aliphatic carbocycles. The van der Waals surface area contributed by atoms with Crippen LogP contribution in [0.3, 0.4) is 0 Å². The van der Waals surface area contributed by atoms with Crippen molar-refractivity contribution in [3.63, 3.8) is 0 Å². The first-order valence-electron chi connectivity index (χ1n) is 10.4. The van der Waals surface area contributed by atoms with Gasteiger partial charge in [-0.1, -0.05) is 72.4 Å². The zero-order chi connectivity index (χ0) is 22.3. The Morgan fingerprint density at radius 2 is 1.69 bits per heavy atom. The average molecular weight is 445 g/mol. The Balaban J connectivity index is 1.53. The minimum Gasteiger partial charge on any atom is -0.507 e. The minimum atomic E-state index is -0.106. The third-order valence-corrected chi connectivity index (χ3v) is 6.05. The summed E-state index contributed by atoms with van der Waals surface area (Å²) in [6.07, 6.45) is 0.780. The summed E-state index contributed by atoms with van der Waals surface area (Å²) in [7, 11) is 0. The summed E-state index contributed by atoms with van der Waals surface area (Å²) >= 11 is 1.33. The third kappa shape index (κ3) is 5.18. The lowest BCUT2D eigenvalue weighted by molar-refractivity contribution is -0.113. The maximum atomic E-state index is 12.5. The van der Waals surface area contributed by atoms with Crippen molar-refractivity contribution in [1.29, 1.82) is 0 Å². The maximum Gasteiger partial charge on any atom is 0.234 e. The van der Waals surface area contributed by atoms with Crippen LogP contribution in [0.4, 0.5) is 5.69 Å². The molecule has 1 amide bonds. The molecule has 1 heterocycles. The Morgan fingerprint density at radius 3 is 2.47 bits per heavy atom. The van der Waals surface area contributed by atoms with Gasteiger partial charge < -0.3 is 15.0 Å². The highest BCUT2D eigenvalue weighted by Gasteiger charge is 2.18. The summed E-state index contributed by atoms with van der Waals surface area (Å²) < 4.78 is 1.97. The molecule has 4 rings (SSSR count). The number of aryl methyl sites for hydroxylation is 2. The van der Waals surface area contributed by atoms with Crippen LogP contribution in [-0.4, -0.2) is 31.5 Å². The number of carbonyl (C=O) groups is 1. The van der Waals surface area contributed by atoms with Crippen molar-refractivity contribution in [2.24, 2.45) is 0 Å². The normalized spacial score (nSPS) is 10.8. The van der Waals surface area contributed by atoms with E-state index in [4.69, 9.17) is 0 Å². The molecule has 4 aromatic rings. The number of phenolic OH excluding ortho intramolecular Hbond substituents is 1. The predicted molar refractivity (Wildman–Crippen MR) is 128 cm³/mol. The average Bonchev–Trinajstić information content (AvgIpc) is 3.21. The lowest BCUT2D eigenvalue weighted by atomic mass is 10.1. The lowest BCUT2D eigenvalue weighted by Gasteiger charge is -2.12. The first-order chi connectivity index (χ1) is 15.6. The fourth-order valence-electron chi connectivity index (χ4n) is 3.37. The molecule has 0 spiro atoms. The number of nitrogens with one attached hydrogen (secondary N) is 1. The van der Waals surface area contributed by atoms with Crippen molar-refractivity contribution < 1.29 is 9.90 Å². The maximum absolute atomic E-state index is 12.5. The van der Waals surface area contributed by atoms with E-state index in [2.05, 4.69) is 27.6 Å². The summed E-state index contributed by atoms with van der Waals surface area (Å²) in [4.78, 5) is 12.5. The van der Waals surface area contributed by atoms with Gasteiger partial charge in [-0.15, -0.1) is 10.2 Å². The third-order valence-electron chi connectivity index (χ3n) is 5.08. The van der Waals surface area contributed by atoms with Gasteiger partial charge in [-0.25, -0.2) is 0 Å². The molecule has 32 heavy (non-hydrogen) atoms. The molecule has 0 saturated heterocycles. The first-order valence-corrected chi connectivity index (χ1v) is 11.3. The van der Waals surface area contributed by atoms with Gasteiger partial charge in [-0.05, 0) is 42.7 Å². The van der Waals surface area contributed by atoms with E-state index >= 15 is 0 Å². The van der Waals surface area contributed by atoms with Crippen LogP contribution in [0.15, 0.2) is 84.0 Å². The molecule has 0 bridgehead atoms. The smallest absolute Gasteiger partial charge is 0.234 e. The number of amides is 1. The Bertz CT molecular complexity index is 1210. The largest absolute Gasteiger partial charge is 0.507 e. The first kappa shape index (κ1) is 21.6. The van der Waals surface area contributed by atoms with E-state index in [0.717, 1.165) is 17.7 Å². The number of para-hydroxylation sites is 2. The van der Waals surface area contributed by atoms with Crippen molar-refractivity contribution >= 4 is 23.4 Å². The molecule has 0 radical (unpaired) electrons. The number of phenols is 1. The second-order valence-corrected chi connectivity index (χ2v) is 8.30. The Hall–Kier alpha value is -3.58. The minimum absolute atomic E-state index is 0.106. The number of hydrogen-bond donors (Lipinski definition) is 2. The van der Waals surface area contributed by atoms with E-state index in [1.807, 2.05) is 66.1 Å². The van der Waals surface area contributed by atoms with Crippen LogP contribution in [0.25, 0.3) is 11.4 Å². The molecule has 0 unspecified atom stereocenters. The van der Waals surface area contributed by atoms with Crippen LogP contribution < -0.4 is 5.32 Å². The number of thioether (sulfide) groups is 1. The molecule has 6 nitrogen and oxygen atoms in total. The number of carbonyl (C=O) groups excluding carboxylic acids is 1.